The van der Waals surface area contributed by atoms with Gasteiger partial charge in [-0.2, -0.15) is 0 Å². The van der Waals surface area contributed by atoms with Gasteiger partial charge >= 0.3 is 5.97 Å². The zero-order valence-electron chi connectivity index (χ0n) is 18.6. The molecule has 1 heterocycles. The second kappa shape index (κ2) is 10.5. The maximum atomic E-state index is 12.4. The average Bonchev–Trinajstić information content (AvgIpc) is 3.20. The molecule has 0 spiro atoms. The highest BCUT2D eigenvalue weighted by Crippen LogP contribution is 2.31. The van der Waals surface area contributed by atoms with E-state index in [1.54, 1.807) is 6.08 Å². The summed E-state index contributed by atoms with van der Waals surface area (Å²) in [5.74, 6) is 1.75. The first kappa shape index (κ1) is 22.1. The van der Waals surface area contributed by atoms with Gasteiger partial charge in [0.15, 0.2) is 17.2 Å². The monoisotopic (exact) mass is 443 g/mol. The van der Waals surface area contributed by atoms with Crippen molar-refractivity contribution in [3.8, 4) is 17.2 Å². The highest BCUT2D eigenvalue weighted by Gasteiger charge is 2.24. The molecule has 168 valence electrons. The summed E-state index contributed by atoms with van der Waals surface area (Å²) in [5, 5.41) is 0. The molecule has 0 atom stereocenters. The van der Waals surface area contributed by atoms with Gasteiger partial charge in [-0.1, -0.05) is 36.4 Å². The van der Waals surface area contributed by atoms with Crippen LogP contribution in [0.25, 0.3) is 6.08 Å². The van der Waals surface area contributed by atoms with Crippen molar-refractivity contribution < 1.29 is 23.7 Å². The normalized spacial score (nSPS) is 14.1. The van der Waals surface area contributed by atoms with Crippen molar-refractivity contribution in [3.63, 3.8) is 0 Å². The first-order valence-electron chi connectivity index (χ1n) is 10.9. The molecule has 0 aliphatic carbocycles. The van der Waals surface area contributed by atoms with Gasteiger partial charge in [0.1, 0.15) is 12.4 Å². The minimum absolute atomic E-state index is 0.222. The molecule has 3 aromatic rings. The summed E-state index contributed by atoms with van der Waals surface area (Å²) in [6.07, 6.45) is 1.67. The van der Waals surface area contributed by atoms with Crippen LogP contribution in [0, 0.1) is 0 Å². The van der Waals surface area contributed by atoms with Gasteiger partial charge in [-0.3, -0.25) is 0 Å². The van der Waals surface area contributed by atoms with E-state index in [9.17, 15) is 4.79 Å². The van der Waals surface area contributed by atoms with Crippen LogP contribution in [0.15, 0.2) is 83.5 Å². The molecular formula is C27H25NO5. The van der Waals surface area contributed by atoms with Crippen molar-refractivity contribution in [3.05, 3.63) is 95.2 Å². The van der Waals surface area contributed by atoms with E-state index in [4.69, 9.17) is 18.9 Å². The summed E-state index contributed by atoms with van der Waals surface area (Å²) in [6, 6.07) is 22.7. The number of aliphatic imine (C=N–C) groups is 1. The van der Waals surface area contributed by atoms with Crippen LogP contribution in [0.5, 0.6) is 17.2 Å². The maximum Gasteiger partial charge on any atom is 0.363 e. The van der Waals surface area contributed by atoms with Gasteiger partial charge in [0.25, 0.3) is 0 Å². The summed E-state index contributed by atoms with van der Waals surface area (Å²) >= 11 is 0. The second-order valence-corrected chi connectivity index (χ2v) is 7.21. The molecule has 0 aromatic heterocycles. The quantitative estimate of drug-likeness (QED) is 0.327. The largest absolute Gasteiger partial charge is 0.494 e. The molecule has 1 aliphatic rings. The molecule has 0 N–H and O–H groups in total. The molecular weight excluding hydrogens is 418 g/mol. The van der Waals surface area contributed by atoms with Crippen LogP contribution < -0.4 is 14.2 Å². The van der Waals surface area contributed by atoms with Gasteiger partial charge in [-0.15, -0.1) is 0 Å². The number of hydrogen-bond donors (Lipinski definition) is 0. The van der Waals surface area contributed by atoms with Crippen molar-refractivity contribution in [2.75, 3.05) is 13.2 Å². The van der Waals surface area contributed by atoms with Gasteiger partial charge in [-0.25, -0.2) is 9.79 Å². The zero-order chi connectivity index (χ0) is 23.0. The topological polar surface area (TPSA) is 66.3 Å². The molecule has 3 aromatic carbocycles. The van der Waals surface area contributed by atoms with E-state index in [-0.39, 0.29) is 11.6 Å². The Morgan fingerprint density at radius 2 is 1.61 bits per heavy atom. The van der Waals surface area contributed by atoms with E-state index in [2.05, 4.69) is 4.99 Å². The Hall–Kier alpha value is -4.06. The van der Waals surface area contributed by atoms with Crippen LogP contribution in [0.4, 0.5) is 0 Å². The van der Waals surface area contributed by atoms with Crippen molar-refractivity contribution >= 4 is 17.9 Å². The summed E-state index contributed by atoms with van der Waals surface area (Å²) in [5.41, 5.74) is 2.75. The Bertz CT molecular complexity index is 1170. The number of cyclic esters (lactones) is 1. The highest BCUT2D eigenvalue weighted by atomic mass is 16.6. The van der Waals surface area contributed by atoms with E-state index in [0.29, 0.717) is 36.9 Å². The van der Waals surface area contributed by atoms with Crippen molar-refractivity contribution in [1.82, 2.24) is 0 Å². The Labute approximate surface area is 193 Å². The van der Waals surface area contributed by atoms with Gasteiger partial charge < -0.3 is 18.9 Å². The molecule has 6 heteroatoms. The molecule has 0 saturated carbocycles. The number of carbonyl (C=O) groups is 1. The fourth-order valence-electron chi connectivity index (χ4n) is 3.29. The molecule has 0 bridgehead atoms. The lowest BCUT2D eigenvalue weighted by Crippen LogP contribution is -2.05. The van der Waals surface area contributed by atoms with Gasteiger partial charge in [-0.05, 0) is 67.4 Å². The van der Waals surface area contributed by atoms with Crippen LogP contribution in [-0.2, 0) is 16.1 Å². The molecule has 0 radical (unpaired) electrons. The Balaban J connectivity index is 1.53. The Morgan fingerprint density at radius 3 is 2.33 bits per heavy atom. The lowest BCUT2D eigenvalue weighted by Gasteiger charge is -2.12. The van der Waals surface area contributed by atoms with Crippen LogP contribution in [-0.4, -0.2) is 25.1 Å². The number of rotatable bonds is 9. The van der Waals surface area contributed by atoms with Crippen LogP contribution in [0.1, 0.15) is 30.5 Å². The fourth-order valence-corrected chi connectivity index (χ4v) is 3.29. The summed E-state index contributed by atoms with van der Waals surface area (Å²) < 4.78 is 22.5. The Kier molecular flexibility index (Phi) is 7.05. The maximum absolute atomic E-state index is 12.4. The van der Waals surface area contributed by atoms with Crippen LogP contribution in [0.3, 0.4) is 0 Å². The molecule has 0 unspecified atom stereocenters. The second-order valence-electron chi connectivity index (χ2n) is 7.21. The van der Waals surface area contributed by atoms with Crippen molar-refractivity contribution in [1.29, 1.82) is 0 Å². The highest BCUT2D eigenvalue weighted by molar-refractivity contribution is 6.12. The minimum Gasteiger partial charge on any atom is -0.494 e. The van der Waals surface area contributed by atoms with E-state index in [1.165, 1.54) is 0 Å². The number of benzene rings is 3. The third-order valence-electron chi connectivity index (χ3n) is 4.84. The van der Waals surface area contributed by atoms with Crippen molar-refractivity contribution in [2.24, 2.45) is 4.99 Å². The molecule has 4 rings (SSSR count). The third kappa shape index (κ3) is 5.60. The van der Waals surface area contributed by atoms with Gasteiger partial charge in [0.05, 0.1) is 13.2 Å². The molecule has 0 fully saturated rings. The SMILES string of the molecule is CCOc1ccc(C2=N/C(=C\c3ccc(OCc4ccccc4)c(OCC)c3)C(=O)O2)cc1. The molecule has 33 heavy (non-hydrogen) atoms. The summed E-state index contributed by atoms with van der Waals surface area (Å²) in [4.78, 5) is 16.8. The molecule has 1 aliphatic heterocycles. The third-order valence-corrected chi connectivity index (χ3v) is 4.84. The van der Waals surface area contributed by atoms with Crippen molar-refractivity contribution in [2.45, 2.75) is 20.5 Å². The van der Waals surface area contributed by atoms with E-state index in [0.717, 1.165) is 16.9 Å². The number of ether oxygens (including phenoxy) is 4. The smallest absolute Gasteiger partial charge is 0.363 e. The van der Waals surface area contributed by atoms with E-state index < -0.39 is 5.97 Å². The first-order chi connectivity index (χ1) is 16.2. The first-order valence-corrected chi connectivity index (χ1v) is 10.9. The fraction of sp³-hybridized carbons (Fsp3) is 0.185. The van der Waals surface area contributed by atoms with Gasteiger partial charge in [0, 0.05) is 5.56 Å². The average molecular weight is 443 g/mol. The van der Waals surface area contributed by atoms with E-state index in [1.807, 2.05) is 86.6 Å². The predicted molar refractivity (Wildman–Crippen MR) is 127 cm³/mol. The standard InChI is InChI=1S/C27H25NO5/c1-3-30-22-13-11-21(12-14-22)26-28-23(27(29)33-26)16-20-10-15-24(25(17-20)31-4-2)32-18-19-8-6-5-7-9-19/h5-17H,3-4,18H2,1-2H3/b23-16-. The number of esters is 1. The van der Waals surface area contributed by atoms with Crippen LogP contribution in [0.2, 0.25) is 0 Å². The Morgan fingerprint density at radius 1 is 0.848 bits per heavy atom. The lowest BCUT2D eigenvalue weighted by atomic mass is 10.1. The minimum atomic E-state index is -0.499. The van der Waals surface area contributed by atoms with Gasteiger partial charge in [0.2, 0.25) is 5.90 Å². The zero-order valence-corrected chi connectivity index (χ0v) is 18.6. The van der Waals surface area contributed by atoms with Crippen LogP contribution >= 0.6 is 0 Å². The molecule has 0 amide bonds. The van der Waals surface area contributed by atoms with E-state index >= 15 is 0 Å². The number of hydrogen-bond acceptors (Lipinski definition) is 6. The summed E-state index contributed by atoms with van der Waals surface area (Å²) in [7, 11) is 0. The molecule has 6 nitrogen and oxygen atoms in total. The molecule has 0 saturated heterocycles. The number of nitrogens with zero attached hydrogens (tertiary/aromatic N) is 1. The summed E-state index contributed by atoms with van der Waals surface area (Å²) in [6.45, 7) is 5.34. The predicted octanol–water partition coefficient (Wildman–Crippen LogP) is 5.41. The lowest BCUT2D eigenvalue weighted by molar-refractivity contribution is -0.129. The number of carbonyl (C=O) groups excluding carboxylic acids is 1.